The molecule has 1 saturated carbocycles. The average Bonchev–Trinajstić information content (AvgIpc) is 3.04. The molecule has 1 aliphatic carbocycles. The molecule has 0 amide bonds. The quantitative estimate of drug-likeness (QED) is 0.929. The van der Waals surface area contributed by atoms with Gasteiger partial charge in [-0.1, -0.05) is 12.8 Å². The summed E-state index contributed by atoms with van der Waals surface area (Å²) in [6.07, 6.45) is 7.35. The van der Waals surface area contributed by atoms with E-state index in [0.29, 0.717) is 6.04 Å². The van der Waals surface area contributed by atoms with Crippen molar-refractivity contribution in [1.82, 2.24) is 10.2 Å². The Kier molecular flexibility index (Phi) is 7.22. The number of furan rings is 1. The number of nitrogens with one attached hydrogen (secondary N) is 1. The van der Waals surface area contributed by atoms with E-state index in [-0.39, 0.29) is 24.8 Å². The number of nitrogens with zero attached hydrogens (tertiary/aromatic N) is 1. The smallest absolute Gasteiger partial charge is 0.121 e. The first-order valence-corrected chi connectivity index (χ1v) is 6.93. The Bertz CT molecular complexity index is 333. The van der Waals surface area contributed by atoms with E-state index in [2.05, 4.69) is 16.3 Å². The highest BCUT2D eigenvalue weighted by Crippen LogP contribution is 2.39. The highest BCUT2D eigenvalue weighted by atomic mass is 35.5. The topological polar surface area (TPSA) is 28.4 Å². The summed E-state index contributed by atoms with van der Waals surface area (Å²) in [7, 11) is 0. The van der Waals surface area contributed by atoms with Crippen molar-refractivity contribution in [2.45, 2.75) is 31.7 Å². The number of rotatable bonds is 3. The lowest BCUT2D eigenvalue weighted by Gasteiger charge is -2.37. The van der Waals surface area contributed by atoms with E-state index in [9.17, 15) is 0 Å². The molecular weight excluding hydrogens is 283 g/mol. The Morgan fingerprint density at radius 1 is 1.16 bits per heavy atom. The van der Waals surface area contributed by atoms with Gasteiger partial charge in [0.25, 0.3) is 0 Å². The monoisotopic (exact) mass is 306 g/mol. The minimum atomic E-state index is 0. The third-order valence-corrected chi connectivity index (χ3v) is 4.23. The molecule has 0 spiro atoms. The SMILES string of the molecule is Cl.Cl.c1coc([C@@H](C2CCCC2)N2CCNCC2)c1. The predicted molar refractivity (Wildman–Crippen MR) is 82.3 cm³/mol. The van der Waals surface area contributed by atoms with Crippen LogP contribution in [0.5, 0.6) is 0 Å². The second kappa shape index (κ2) is 8.15. The van der Waals surface area contributed by atoms with Crippen LogP contribution in [0.3, 0.4) is 0 Å². The Morgan fingerprint density at radius 2 is 1.84 bits per heavy atom. The van der Waals surface area contributed by atoms with Crippen molar-refractivity contribution in [1.29, 1.82) is 0 Å². The van der Waals surface area contributed by atoms with Gasteiger partial charge in [0.1, 0.15) is 5.76 Å². The molecule has 0 aromatic carbocycles. The van der Waals surface area contributed by atoms with Crippen molar-refractivity contribution >= 4 is 24.8 Å². The summed E-state index contributed by atoms with van der Waals surface area (Å²) in [6, 6.07) is 4.71. The highest BCUT2D eigenvalue weighted by Gasteiger charge is 2.33. The van der Waals surface area contributed by atoms with E-state index < -0.39 is 0 Å². The van der Waals surface area contributed by atoms with Crippen molar-refractivity contribution < 1.29 is 4.42 Å². The van der Waals surface area contributed by atoms with Crippen LogP contribution in [-0.4, -0.2) is 31.1 Å². The minimum Gasteiger partial charge on any atom is -0.468 e. The van der Waals surface area contributed by atoms with Gasteiger partial charge in [-0.2, -0.15) is 0 Å². The molecule has 2 aliphatic rings. The summed E-state index contributed by atoms with van der Waals surface area (Å²) in [5.74, 6) is 1.98. The number of halogens is 2. The van der Waals surface area contributed by atoms with E-state index in [1.807, 2.05) is 12.3 Å². The minimum absolute atomic E-state index is 0. The Labute approximate surface area is 127 Å². The summed E-state index contributed by atoms with van der Waals surface area (Å²) in [6.45, 7) is 4.54. The van der Waals surface area contributed by atoms with Gasteiger partial charge in [-0.25, -0.2) is 0 Å². The summed E-state index contributed by atoms with van der Waals surface area (Å²) < 4.78 is 5.70. The summed E-state index contributed by atoms with van der Waals surface area (Å²) in [5, 5.41) is 3.43. The molecule has 2 fully saturated rings. The second-order valence-corrected chi connectivity index (χ2v) is 5.29. The molecule has 1 aromatic heterocycles. The lowest BCUT2D eigenvalue weighted by atomic mass is 9.94. The molecule has 0 unspecified atom stereocenters. The van der Waals surface area contributed by atoms with Gasteiger partial charge in [-0.3, -0.25) is 4.90 Å². The van der Waals surface area contributed by atoms with Crippen molar-refractivity contribution in [3.8, 4) is 0 Å². The van der Waals surface area contributed by atoms with E-state index in [0.717, 1.165) is 32.1 Å². The first-order valence-electron chi connectivity index (χ1n) is 6.93. The largest absolute Gasteiger partial charge is 0.468 e. The van der Waals surface area contributed by atoms with Crippen LogP contribution in [0.2, 0.25) is 0 Å². The van der Waals surface area contributed by atoms with Gasteiger partial charge in [0.2, 0.25) is 0 Å². The molecule has 1 N–H and O–H groups in total. The molecule has 1 atom stereocenters. The molecule has 0 bridgehead atoms. The van der Waals surface area contributed by atoms with E-state index >= 15 is 0 Å². The van der Waals surface area contributed by atoms with Crippen LogP contribution in [0.15, 0.2) is 22.8 Å². The highest BCUT2D eigenvalue weighted by molar-refractivity contribution is 5.85. The number of hydrogen-bond acceptors (Lipinski definition) is 3. The van der Waals surface area contributed by atoms with E-state index in [4.69, 9.17) is 4.42 Å². The number of hydrogen-bond donors (Lipinski definition) is 1. The third kappa shape index (κ3) is 3.88. The fourth-order valence-corrected chi connectivity index (χ4v) is 3.40. The lowest BCUT2D eigenvalue weighted by Crippen LogP contribution is -2.46. The first-order chi connectivity index (χ1) is 8.45. The zero-order valence-electron chi connectivity index (χ0n) is 11.2. The zero-order valence-corrected chi connectivity index (χ0v) is 12.8. The summed E-state index contributed by atoms with van der Waals surface area (Å²) in [5.41, 5.74) is 0. The zero-order chi connectivity index (χ0) is 11.5. The van der Waals surface area contributed by atoms with Crippen LogP contribution < -0.4 is 5.32 Å². The Hall–Kier alpha value is -0.220. The molecule has 5 heteroatoms. The van der Waals surface area contributed by atoms with Gasteiger partial charge in [0, 0.05) is 26.2 Å². The molecule has 3 nitrogen and oxygen atoms in total. The molecule has 1 aromatic rings. The predicted octanol–water partition coefficient (Wildman–Crippen LogP) is 3.26. The normalized spacial score (nSPS) is 22.5. The molecule has 110 valence electrons. The molecule has 0 radical (unpaired) electrons. The average molecular weight is 307 g/mol. The van der Waals surface area contributed by atoms with Crippen LogP contribution in [0, 0.1) is 5.92 Å². The van der Waals surface area contributed by atoms with Crippen molar-refractivity contribution in [2.75, 3.05) is 26.2 Å². The van der Waals surface area contributed by atoms with Gasteiger partial charge >= 0.3 is 0 Å². The summed E-state index contributed by atoms with van der Waals surface area (Å²) >= 11 is 0. The van der Waals surface area contributed by atoms with Gasteiger partial charge in [0.05, 0.1) is 12.3 Å². The standard InChI is InChI=1S/C14H22N2O.2ClH/c1-2-5-12(4-1)14(13-6-3-11-17-13)16-9-7-15-8-10-16;;/h3,6,11-12,14-15H,1-2,4-5,7-10H2;2*1H/t14-;;/m1../s1. The molecular formula is C14H24Cl2N2O. The molecule has 3 rings (SSSR count). The second-order valence-electron chi connectivity index (χ2n) is 5.29. The van der Waals surface area contributed by atoms with Crippen LogP contribution >= 0.6 is 24.8 Å². The van der Waals surface area contributed by atoms with Gasteiger partial charge in [-0.05, 0) is 30.9 Å². The molecule has 1 saturated heterocycles. The fraction of sp³-hybridized carbons (Fsp3) is 0.714. The van der Waals surface area contributed by atoms with Crippen LogP contribution in [0.25, 0.3) is 0 Å². The number of piperazine rings is 1. The van der Waals surface area contributed by atoms with Gasteiger partial charge in [-0.15, -0.1) is 24.8 Å². The molecule has 2 heterocycles. The van der Waals surface area contributed by atoms with Crippen LogP contribution in [0.1, 0.15) is 37.5 Å². The first kappa shape index (κ1) is 16.8. The van der Waals surface area contributed by atoms with Crippen molar-refractivity contribution in [2.24, 2.45) is 5.92 Å². The van der Waals surface area contributed by atoms with Crippen LogP contribution in [0.4, 0.5) is 0 Å². The van der Waals surface area contributed by atoms with Crippen molar-refractivity contribution in [3.05, 3.63) is 24.2 Å². The molecule has 19 heavy (non-hydrogen) atoms. The molecule has 1 aliphatic heterocycles. The summed E-state index contributed by atoms with van der Waals surface area (Å²) in [4.78, 5) is 2.62. The van der Waals surface area contributed by atoms with Crippen molar-refractivity contribution in [3.63, 3.8) is 0 Å². The fourth-order valence-electron chi connectivity index (χ4n) is 3.40. The third-order valence-electron chi connectivity index (χ3n) is 4.23. The Balaban J connectivity index is 0.000000902. The van der Waals surface area contributed by atoms with Crippen LogP contribution in [-0.2, 0) is 0 Å². The maximum absolute atomic E-state index is 5.70. The maximum atomic E-state index is 5.70. The maximum Gasteiger partial charge on any atom is 0.121 e. The Morgan fingerprint density at radius 3 is 2.42 bits per heavy atom. The van der Waals surface area contributed by atoms with Gasteiger partial charge < -0.3 is 9.73 Å². The lowest BCUT2D eigenvalue weighted by molar-refractivity contribution is 0.107. The van der Waals surface area contributed by atoms with E-state index in [1.54, 1.807) is 0 Å². The van der Waals surface area contributed by atoms with E-state index in [1.165, 1.54) is 31.4 Å². The van der Waals surface area contributed by atoms with Gasteiger partial charge in [0.15, 0.2) is 0 Å².